The number of nitrogens with zero attached hydrogens (tertiary/aromatic N) is 2. The maximum absolute atomic E-state index is 13.2. The Balaban J connectivity index is 2.09. The lowest BCUT2D eigenvalue weighted by molar-refractivity contribution is 0.188. The smallest absolute Gasteiger partial charge is 0.243 e. The number of benzene rings is 1. The lowest BCUT2D eigenvalue weighted by atomic mass is 10.1. The summed E-state index contributed by atoms with van der Waals surface area (Å²) in [6.07, 6.45) is 1.51. The number of halogens is 2. The first-order valence-corrected chi connectivity index (χ1v) is 6.94. The molecule has 2 rings (SSSR count). The molecule has 0 fully saturated rings. The number of methoxy groups -OCH3 is 1. The van der Waals surface area contributed by atoms with Crippen LogP contribution >= 0.6 is 15.9 Å². The van der Waals surface area contributed by atoms with E-state index in [1.165, 1.54) is 6.07 Å². The van der Waals surface area contributed by atoms with E-state index in [-0.39, 0.29) is 11.9 Å². The third-order valence-electron chi connectivity index (χ3n) is 2.80. The lowest BCUT2D eigenvalue weighted by Crippen LogP contribution is -2.11. The summed E-state index contributed by atoms with van der Waals surface area (Å²) in [6.45, 7) is 0.638. The first-order chi connectivity index (χ1) is 9.61. The van der Waals surface area contributed by atoms with E-state index in [0.29, 0.717) is 34.8 Å². The fraction of sp³-hybridized carbons (Fsp3) is 0.385. The van der Waals surface area contributed by atoms with Crippen LogP contribution < -0.4 is 5.73 Å². The number of rotatable bonds is 6. The van der Waals surface area contributed by atoms with Crippen molar-refractivity contribution in [2.24, 2.45) is 5.73 Å². The topological polar surface area (TPSA) is 74.2 Å². The maximum Gasteiger partial charge on any atom is 0.243 e. The Kier molecular flexibility index (Phi) is 5.22. The summed E-state index contributed by atoms with van der Waals surface area (Å²) in [4.78, 5) is 4.24. The molecule has 7 heteroatoms. The largest absolute Gasteiger partial charge is 0.385 e. The van der Waals surface area contributed by atoms with Crippen molar-refractivity contribution in [2.75, 3.05) is 13.7 Å². The summed E-state index contributed by atoms with van der Waals surface area (Å²) < 4.78 is 23.6. The van der Waals surface area contributed by atoms with Gasteiger partial charge in [-0.2, -0.15) is 4.98 Å². The van der Waals surface area contributed by atoms with E-state index in [4.69, 9.17) is 15.0 Å². The van der Waals surface area contributed by atoms with Crippen molar-refractivity contribution in [1.82, 2.24) is 10.1 Å². The Labute approximate surface area is 124 Å². The number of aromatic nitrogens is 2. The molecule has 1 heterocycles. The van der Waals surface area contributed by atoms with Gasteiger partial charge in [0.25, 0.3) is 0 Å². The van der Waals surface area contributed by atoms with Crippen LogP contribution in [0.15, 0.2) is 27.2 Å². The van der Waals surface area contributed by atoms with Crippen LogP contribution in [0.1, 0.15) is 24.8 Å². The first kappa shape index (κ1) is 15.1. The predicted octanol–water partition coefficient (Wildman–Crippen LogP) is 3.06. The van der Waals surface area contributed by atoms with E-state index >= 15 is 0 Å². The molecule has 20 heavy (non-hydrogen) atoms. The number of ether oxygens (including phenoxy) is 1. The third-order valence-corrected chi connectivity index (χ3v) is 3.41. The van der Waals surface area contributed by atoms with E-state index in [9.17, 15) is 4.39 Å². The van der Waals surface area contributed by atoms with E-state index < -0.39 is 0 Å². The molecule has 2 N–H and O–H groups in total. The second-order valence-electron chi connectivity index (χ2n) is 4.33. The molecule has 2 aromatic rings. The average molecular weight is 344 g/mol. The SMILES string of the molecule is COCCCC(N)c1nc(-c2ccc(F)c(Br)c2)no1. The van der Waals surface area contributed by atoms with Gasteiger partial charge >= 0.3 is 0 Å². The minimum Gasteiger partial charge on any atom is -0.385 e. The van der Waals surface area contributed by atoms with Gasteiger partial charge in [-0.05, 0) is 47.0 Å². The van der Waals surface area contributed by atoms with Crippen molar-refractivity contribution in [2.45, 2.75) is 18.9 Å². The van der Waals surface area contributed by atoms with Crippen LogP contribution in [-0.2, 0) is 4.74 Å². The van der Waals surface area contributed by atoms with Gasteiger partial charge in [0.15, 0.2) is 0 Å². The zero-order valence-corrected chi connectivity index (χ0v) is 12.6. The van der Waals surface area contributed by atoms with Gasteiger partial charge in [-0.3, -0.25) is 0 Å². The minimum atomic E-state index is -0.339. The van der Waals surface area contributed by atoms with E-state index in [2.05, 4.69) is 26.1 Å². The molecule has 0 saturated heterocycles. The van der Waals surface area contributed by atoms with Crippen LogP contribution in [0.25, 0.3) is 11.4 Å². The Morgan fingerprint density at radius 1 is 1.50 bits per heavy atom. The number of nitrogens with two attached hydrogens (primary N) is 1. The van der Waals surface area contributed by atoms with Gasteiger partial charge in [0.1, 0.15) is 5.82 Å². The van der Waals surface area contributed by atoms with E-state index in [1.54, 1.807) is 19.2 Å². The molecule has 5 nitrogen and oxygen atoms in total. The molecule has 108 valence electrons. The molecule has 0 aliphatic heterocycles. The zero-order valence-electron chi connectivity index (χ0n) is 11.0. The summed E-state index contributed by atoms with van der Waals surface area (Å²) in [5.41, 5.74) is 6.62. The van der Waals surface area contributed by atoms with Crippen LogP contribution in [0, 0.1) is 5.82 Å². The van der Waals surface area contributed by atoms with Gasteiger partial charge in [-0.15, -0.1) is 0 Å². The molecule has 0 aliphatic rings. The van der Waals surface area contributed by atoms with Gasteiger partial charge in [0.2, 0.25) is 11.7 Å². The van der Waals surface area contributed by atoms with Gasteiger partial charge in [0, 0.05) is 19.3 Å². The molecule has 1 atom stereocenters. The minimum absolute atomic E-state index is 0.324. The molecule has 0 radical (unpaired) electrons. The van der Waals surface area contributed by atoms with E-state index in [1.807, 2.05) is 0 Å². The van der Waals surface area contributed by atoms with Gasteiger partial charge in [0.05, 0.1) is 10.5 Å². The molecular weight excluding hydrogens is 329 g/mol. The van der Waals surface area contributed by atoms with Crippen LogP contribution in [-0.4, -0.2) is 23.9 Å². The lowest BCUT2D eigenvalue weighted by Gasteiger charge is -2.05. The molecule has 0 spiro atoms. The summed E-state index contributed by atoms with van der Waals surface area (Å²) in [6, 6.07) is 4.20. The fourth-order valence-electron chi connectivity index (χ4n) is 1.71. The second-order valence-corrected chi connectivity index (χ2v) is 5.18. The third kappa shape index (κ3) is 3.62. The van der Waals surface area contributed by atoms with Crippen LogP contribution in [0.4, 0.5) is 4.39 Å². The summed E-state index contributed by atoms with van der Waals surface area (Å²) in [7, 11) is 1.64. The van der Waals surface area contributed by atoms with Crippen molar-refractivity contribution < 1.29 is 13.7 Å². The highest BCUT2D eigenvalue weighted by atomic mass is 79.9. The van der Waals surface area contributed by atoms with Gasteiger partial charge in [-0.1, -0.05) is 5.16 Å². The Morgan fingerprint density at radius 2 is 2.30 bits per heavy atom. The van der Waals surface area contributed by atoms with Crippen LogP contribution in [0.2, 0.25) is 0 Å². The summed E-state index contributed by atoms with van der Waals surface area (Å²) in [5, 5.41) is 3.87. The van der Waals surface area contributed by atoms with Crippen molar-refractivity contribution in [3.63, 3.8) is 0 Å². The Hall–Kier alpha value is -1.31. The highest BCUT2D eigenvalue weighted by molar-refractivity contribution is 9.10. The highest BCUT2D eigenvalue weighted by Gasteiger charge is 2.16. The quantitative estimate of drug-likeness (QED) is 0.816. The molecule has 0 bridgehead atoms. The van der Waals surface area contributed by atoms with Crippen LogP contribution in [0.5, 0.6) is 0 Å². The molecule has 1 aromatic heterocycles. The van der Waals surface area contributed by atoms with Crippen LogP contribution in [0.3, 0.4) is 0 Å². The maximum atomic E-state index is 13.2. The second kappa shape index (κ2) is 6.92. The van der Waals surface area contributed by atoms with Crippen molar-refractivity contribution in [1.29, 1.82) is 0 Å². The van der Waals surface area contributed by atoms with Crippen molar-refractivity contribution in [3.8, 4) is 11.4 Å². The van der Waals surface area contributed by atoms with Crippen molar-refractivity contribution >= 4 is 15.9 Å². The Morgan fingerprint density at radius 3 is 3.00 bits per heavy atom. The Bertz CT molecular complexity index is 576. The molecule has 1 unspecified atom stereocenters. The number of hydrogen-bond acceptors (Lipinski definition) is 5. The van der Waals surface area contributed by atoms with Gasteiger partial charge in [-0.25, -0.2) is 4.39 Å². The normalized spacial score (nSPS) is 12.6. The summed E-state index contributed by atoms with van der Waals surface area (Å²) >= 11 is 3.12. The number of hydrogen-bond donors (Lipinski definition) is 1. The molecule has 0 amide bonds. The fourth-order valence-corrected chi connectivity index (χ4v) is 2.09. The van der Waals surface area contributed by atoms with Crippen molar-refractivity contribution in [3.05, 3.63) is 34.4 Å². The summed E-state index contributed by atoms with van der Waals surface area (Å²) in [5.74, 6) is 0.424. The molecular formula is C13H15BrFN3O2. The zero-order chi connectivity index (χ0) is 14.5. The average Bonchev–Trinajstić information content (AvgIpc) is 2.92. The van der Waals surface area contributed by atoms with Gasteiger partial charge < -0.3 is 15.0 Å². The van der Waals surface area contributed by atoms with E-state index in [0.717, 1.165) is 6.42 Å². The standard InChI is InChI=1S/C13H15BrFN3O2/c1-19-6-2-3-11(16)13-17-12(18-20-13)8-4-5-10(15)9(14)7-8/h4-5,7,11H,2-3,6,16H2,1H3. The first-order valence-electron chi connectivity index (χ1n) is 6.15. The monoisotopic (exact) mass is 343 g/mol. The molecule has 0 aliphatic carbocycles. The predicted molar refractivity (Wildman–Crippen MR) is 75.4 cm³/mol. The molecule has 0 saturated carbocycles. The molecule has 1 aromatic carbocycles. The highest BCUT2D eigenvalue weighted by Crippen LogP contribution is 2.24.